The van der Waals surface area contributed by atoms with Crippen LogP contribution in [0.5, 0.6) is 0 Å². The molecule has 1 fully saturated rings. The second-order valence-corrected chi connectivity index (χ2v) is 5.78. The van der Waals surface area contributed by atoms with Gasteiger partial charge in [0.15, 0.2) is 5.96 Å². The van der Waals surface area contributed by atoms with Gasteiger partial charge in [-0.05, 0) is 37.9 Å². The predicted octanol–water partition coefficient (Wildman–Crippen LogP) is 2.87. The summed E-state index contributed by atoms with van der Waals surface area (Å²) in [5, 5.41) is 6.93. The maximum absolute atomic E-state index is 4.33. The highest BCUT2D eigenvalue weighted by molar-refractivity contribution is 14.0. The number of likely N-dealkylation sites (tertiary alicyclic amines) is 1. The van der Waals surface area contributed by atoms with E-state index in [9.17, 15) is 0 Å². The number of aliphatic imine (C=N–C) groups is 1. The standard InChI is InChI=1S/C17H28N4.HI/c1-4-21-11-10-15(13-21)12-19-17(18-3)20-14(2)16-8-6-5-7-9-16;/h5-9,14-15H,4,10-13H2,1-3H3,(H2,18,19,20);1H. The molecule has 2 N–H and O–H groups in total. The zero-order valence-corrected chi connectivity index (χ0v) is 16.2. The minimum Gasteiger partial charge on any atom is -0.356 e. The van der Waals surface area contributed by atoms with E-state index in [2.05, 4.69) is 58.6 Å². The van der Waals surface area contributed by atoms with Crippen LogP contribution in [0.3, 0.4) is 0 Å². The normalized spacial score (nSPS) is 20.3. The molecule has 1 aromatic rings. The topological polar surface area (TPSA) is 39.7 Å². The first-order chi connectivity index (χ1) is 10.2. The molecule has 0 aromatic heterocycles. The van der Waals surface area contributed by atoms with Gasteiger partial charge in [-0.1, -0.05) is 37.3 Å². The molecule has 1 heterocycles. The van der Waals surface area contributed by atoms with E-state index in [-0.39, 0.29) is 30.0 Å². The number of hydrogen-bond acceptors (Lipinski definition) is 2. The summed E-state index contributed by atoms with van der Waals surface area (Å²) in [7, 11) is 1.83. The Labute approximate surface area is 151 Å². The van der Waals surface area contributed by atoms with Crippen LogP contribution in [0.4, 0.5) is 0 Å². The Bertz CT molecular complexity index is 449. The van der Waals surface area contributed by atoms with Crippen LogP contribution in [0.15, 0.2) is 35.3 Å². The zero-order valence-electron chi connectivity index (χ0n) is 13.9. The lowest BCUT2D eigenvalue weighted by Crippen LogP contribution is -2.41. The van der Waals surface area contributed by atoms with Crippen molar-refractivity contribution in [2.45, 2.75) is 26.3 Å². The summed E-state index contributed by atoms with van der Waals surface area (Å²) in [6.07, 6.45) is 1.28. The van der Waals surface area contributed by atoms with Crippen LogP contribution < -0.4 is 10.6 Å². The highest BCUT2D eigenvalue weighted by Gasteiger charge is 2.21. The predicted molar refractivity (Wildman–Crippen MR) is 105 cm³/mol. The van der Waals surface area contributed by atoms with Crippen molar-refractivity contribution in [2.75, 3.05) is 33.2 Å². The highest BCUT2D eigenvalue weighted by Crippen LogP contribution is 2.15. The summed E-state index contributed by atoms with van der Waals surface area (Å²) in [6, 6.07) is 10.7. The molecule has 4 nitrogen and oxygen atoms in total. The van der Waals surface area contributed by atoms with E-state index < -0.39 is 0 Å². The molecule has 0 bridgehead atoms. The van der Waals surface area contributed by atoms with Crippen LogP contribution in [-0.4, -0.2) is 44.1 Å². The van der Waals surface area contributed by atoms with E-state index in [0.717, 1.165) is 25.0 Å². The Morgan fingerprint density at radius 3 is 2.68 bits per heavy atom. The molecule has 5 heteroatoms. The maximum atomic E-state index is 4.33. The van der Waals surface area contributed by atoms with Gasteiger partial charge in [-0.15, -0.1) is 24.0 Å². The SMILES string of the molecule is CCN1CCC(CNC(=NC)NC(C)c2ccccc2)C1.I. The molecule has 2 unspecified atom stereocenters. The lowest BCUT2D eigenvalue weighted by molar-refractivity contribution is 0.341. The van der Waals surface area contributed by atoms with Gasteiger partial charge in [0.05, 0.1) is 6.04 Å². The van der Waals surface area contributed by atoms with Gasteiger partial charge in [0.2, 0.25) is 0 Å². The summed E-state index contributed by atoms with van der Waals surface area (Å²) in [4.78, 5) is 6.84. The van der Waals surface area contributed by atoms with Crippen LogP contribution >= 0.6 is 24.0 Å². The molecule has 0 amide bonds. The van der Waals surface area contributed by atoms with Gasteiger partial charge >= 0.3 is 0 Å². The Hall–Kier alpha value is -0.820. The Kier molecular flexibility index (Phi) is 8.78. The molecule has 22 heavy (non-hydrogen) atoms. The first-order valence-corrected chi connectivity index (χ1v) is 7.97. The van der Waals surface area contributed by atoms with Crippen molar-refractivity contribution in [3.8, 4) is 0 Å². The van der Waals surface area contributed by atoms with Crippen molar-refractivity contribution in [3.05, 3.63) is 35.9 Å². The molecule has 124 valence electrons. The van der Waals surface area contributed by atoms with Crippen LogP contribution in [-0.2, 0) is 0 Å². The van der Waals surface area contributed by atoms with Gasteiger partial charge in [0.25, 0.3) is 0 Å². The third kappa shape index (κ3) is 5.76. The molecule has 2 rings (SSSR count). The summed E-state index contributed by atoms with van der Waals surface area (Å²) in [6.45, 7) is 8.99. The third-order valence-electron chi connectivity index (χ3n) is 4.25. The fourth-order valence-corrected chi connectivity index (χ4v) is 2.83. The molecule has 0 spiro atoms. The zero-order chi connectivity index (χ0) is 15.1. The van der Waals surface area contributed by atoms with Crippen molar-refractivity contribution < 1.29 is 0 Å². The number of halogens is 1. The Morgan fingerprint density at radius 1 is 1.36 bits per heavy atom. The van der Waals surface area contributed by atoms with Crippen molar-refractivity contribution in [1.29, 1.82) is 0 Å². The molecule has 1 aromatic carbocycles. The molecule has 0 saturated carbocycles. The first-order valence-electron chi connectivity index (χ1n) is 7.97. The first kappa shape index (κ1) is 19.2. The number of guanidine groups is 1. The van der Waals surface area contributed by atoms with E-state index in [0.29, 0.717) is 0 Å². The lowest BCUT2D eigenvalue weighted by Gasteiger charge is -2.20. The maximum Gasteiger partial charge on any atom is 0.191 e. The average molecular weight is 416 g/mol. The Balaban J connectivity index is 0.00000242. The second-order valence-electron chi connectivity index (χ2n) is 5.78. The number of nitrogens with zero attached hydrogens (tertiary/aromatic N) is 2. The van der Waals surface area contributed by atoms with Gasteiger partial charge in [0.1, 0.15) is 0 Å². The Morgan fingerprint density at radius 2 is 2.09 bits per heavy atom. The van der Waals surface area contributed by atoms with E-state index in [1.54, 1.807) is 0 Å². The van der Waals surface area contributed by atoms with E-state index in [4.69, 9.17) is 0 Å². The quantitative estimate of drug-likeness (QED) is 0.441. The largest absolute Gasteiger partial charge is 0.356 e. The van der Waals surface area contributed by atoms with Crippen molar-refractivity contribution in [3.63, 3.8) is 0 Å². The van der Waals surface area contributed by atoms with Crippen molar-refractivity contribution in [2.24, 2.45) is 10.9 Å². The smallest absolute Gasteiger partial charge is 0.191 e. The van der Waals surface area contributed by atoms with Crippen LogP contribution in [0, 0.1) is 5.92 Å². The van der Waals surface area contributed by atoms with Crippen molar-refractivity contribution >= 4 is 29.9 Å². The molecule has 1 saturated heterocycles. The summed E-state index contributed by atoms with van der Waals surface area (Å²) in [5.41, 5.74) is 1.28. The van der Waals surface area contributed by atoms with Crippen molar-refractivity contribution in [1.82, 2.24) is 15.5 Å². The van der Waals surface area contributed by atoms with Crippen LogP contribution in [0.2, 0.25) is 0 Å². The fraction of sp³-hybridized carbons (Fsp3) is 0.588. The lowest BCUT2D eigenvalue weighted by atomic mass is 10.1. The van der Waals surface area contributed by atoms with Gasteiger partial charge in [0, 0.05) is 20.1 Å². The molecule has 1 aliphatic heterocycles. The van der Waals surface area contributed by atoms with Gasteiger partial charge in [-0.25, -0.2) is 0 Å². The molecular formula is C17H29IN4. The van der Waals surface area contributed by atoms with E-state index >= 15 is 0 Å². The summed E-state index contributed by atoms with van der Waals surface area (Å²) < 4.78 is 0. The minimum absolute atomic E-state index is 0. The van der Waals surface area contributed by atoms with Gasteiger partial charge < -0.3 is 15.5 Å². The van der Waals surface area contributed by atoms with Gasteiger partial charge in [-0.3, -0.25) is 4.99 Å². The molecule has 0 aliphatic carbocycles. The minimum atomic E-state index is 0. The number of rotatable bonds is 5. The number of nitrogens with one attached hydrogen (secondary N) is 2. The molecule has 0 radical (unpaired) electrons. The summed E-state index contributed by atoms with van der Waals surface area (Å²) >= 11 is 0. The second kappa shape index (κ2) is 10.0. The van der Waals surface area contributed by atoms with Gasteiger partial charge in [-0.2, -0.15) is 0 Å². The van der Waals surface area contributed by atoms with E-state index in [1.165, 1.54) is 25.1 Å². The number of hydrogen-bond donors (Lipinski definition) is 2. The fourth-order valence-electron chi connectivity index (χ4n) is 2.83. The van der Waals surface area contributed by atoms with E-state index in [1.807, 2.05) is 13.1 Å². The molecular weight excluding hydrogens is 387 g/mol. The molecule has 1 aliphatic rings. The highest BCUT2D eigenvalue weighted by atomic mass is 127. The van der Waals surface area contributed by atoms with Crippen LogP contribution in [0.1, 0.15) is 31.9 Å². The average Bonchev–Trinajstić information content (AvgIpc) is 3.00. The monoisotopic (exact) mass is 416 g/mol. The number of benzene rings is 1. The molecule has 2 atom stereocenters. The van der Waals surface area contributed by atoms with Crippen LogP contribution in [0.25, 0.3) is 0 Å². The summed E-state index contributed by atoms with van der Waals surface area (Å²) in [5.74, 6) is 1.62. The third-order valence-corrected chi connectivity index (χ3v) is 4.25.